The van der Waals surface area contributed by atoms with Crippen molar-refractivity contribution in [3.8, 4) is 11.6 Å². The van der Waals surface area contributed by atoms with Gasteiger partial charge in [-0.1, -0.05) is 18.2 Å². The number of hydrogen-bond donors (Lipinski definition) is 1. The summed E-state index contributed by atoms with van der Waals surface area (Å²) in [5.74, 6) is 0.855. The van der Waals surface area contributed by atoms with Crippen LogP contribution >= 0.6 is 0 Å². The summed E-state index contributed by atoms with van der Waals surface area (Å²) >= 11 is 0. The third kappa shape index (κ3) is 3.26. The first kappa shape index (κ1) is 13.0. The Balaban J connectivity index is 2.19. The van der Waals surface area contributed by atoms with Gasteiger partial charge in [-0.2, -0.15) is 0 Å². The maximum Gasteiger partial charge on any atom is 0.287 e. The van der Waals surface area contributed by atoms with Crippen molar-refractivity contribution in [1.29, 1.82) is 0 Å². The fourth-order valence-corrected chi connectivity index (χ4v) is 1.58. The minimum absolute atomic E-state index is 0.0219. The van der Waals surface area contributed by atoms with Gasteiger partial charge in [0.1, 0.15) is 11.9 Å². The lowest BCUT2D eigenvalue weighted by Gasteiger charge is -2.09. The fraction of sp³-hybridized carbons (Fsp3) is 0.154. The van der Waals surface area contributed by atoms with Crippen molar-refractivity contribution in [2.45, 2.75) is 6.42 Å². The number of aliphatic hydroxyl groups excluding tert-OH is 1. The third-order valence-electron chi connectivity index (χ3n) is 2.50. The topological polar surface area (TPSA) is 85.5 Å². The van der Waals surface area contributed by atoms with E-state index in [1.54, 1.807) is 6.07 Å². The molecule has 1 heterocycles. The Morgan fingerprint density at radius 3 is 2.68 bits per heavy atom. The Morgan fingerprint density at radius 1 is 1.26 bits per heavy atom. The molecule has 0 radical (unpaired) electrons. The predicted octanol–water partition coefficient (Wildman–Crippen LogP) is 2.32. The van der Waals surface area contributed by atoms with Gasteiger partial charge in [-0.05, 0) is 18.1 Å². The van der Waals surface area contributed by atoms with Crippen LogP contribution in [0.1, 0.15) is 5.56 Å². The molecule has 6 nitrogen and oxygen atoms in total. The lowest BCUT2D eigenvalue weighted by atomic mass is 10.1. The van der Waals surface area contributed by atoms with Crippen LogP contribution in [-0.2, 0) is 6.42 Å². The third-order valence-corrected chi connectivity index (χ3v) is 2.50. The molecule has 0 saturated heterocycles. The summed E-state index contributed by atoms with van der Waals surface area (Å²) in [6, 6.07) is 10.0. The molecule has 0 amide bonds. The molecule has 2 aromatic rings. The van der Waals surface area contributed by atoms with Crippen LogP contribution in [0, 0.1) is 10.1 Å². The van der Waals surface area contributed by atoms with E-state index in [2.05, 4.69) is 4.98 Å². The number of nitro groups is 1. The summed E-state index contributed by atoms with van der Waals surface area (Å²) < 4.78 is 5.55. The van der Waals surface area contributed by atoms with Crippen LogP contribution in [0.2, 0.25) is 0 Å². The summed E-state index contributed by atoms with van der Waals surface area (Å²) in [5.41, 5.74) is 0.765. The molecule has 0 unspecified atom stereocenters. The second kappa shape index (κ2) is 5.92. The van der Waals surface area contributed by atoms with E-state index in [9.17, 15) is 10.1 Å². The largest absolute Gasteiger partial charge is 0.439 e. The van der Waals surface area contributed by atoms with Gasteiger partial charge < -0.3 is 9.84 Å². The van der Waals surface area contributed by atoms with E-state index in [0.29, 0.717) is 12.2 Å². The van der Waals surface area contributed by atoms with E-state index in [-0.39, 0.29) is 18.2 Å². The zero-order chi connectivity index (χ0) is 13.7. The number of pyridine rings is 1. The van der Waals surface area contributed by atoms with Gasteiger partial charge >= 0.3 is 0 Å². The summed E-state index contributed by atoms with van der Waals surface area (Å²) in [6.07, 6.45) is 1.62. The molecule has 1 aromatic carbocycles. The highest BCUT2D eigenvalue weighted by Crippen LogP contribution is 2.25. The van der Waals surface area contributed by atoms with Crippen LogP contribution in [0.25, 0.3) is 0 Å². The maximum absolute atomic E-state index is 10.5. The lowest BCUT2D eigenvalue weighted by molar-refractivity contribution is -0.385. The van der Waals surface area contributed by atoms with Crippen LogP contribution in [0.4, 0.5) is 5.69 Å². The Kier molecular flexibility index (Phi) is 4.04. The highest BCUT2D eigenvalue weighted by Gasteiger charge is 2.08. The van der Waals surface area contributed by atoms with Gasteiger partial charge in [-0.3, -0.25) is 10.1 Å². The molecule has 6 heteroatoms. The van der Waals surface area contributed by atoms with Crippen molar-refractivity contribution >= 4 is 5.69 Å². The average molecular weight is 260 g/mol. The van der Waals surface area contributed by atoms with Gasteiger partial charge in [-0.25, -0.2) is 4.98 Å². The first-order valence-electron chi connectivity index (χ1n) is 5.68. The predicted molar refractivity (Wildman–Crippen MR) is 68.2 cm³/mol. The molecule has 0 aliphatic rings. The van der Waals surface area contributed by atoms with Crippen LogP contribution in [0.3, 0.4) is 0 Å². The Hall–Kier alpha value is -2.47. The molecule has 0 saturated carbocycles. The summed E-state index contributed by atoms with van der Waals surface area (Å²) in [7, 11) is 0. The molecule has 98 valence electrons. The molecule has 0 atom stereocenters. The Labute approximate surface area is 109 Å². The van der Waals surface area contributed by atoms with Crippen molar-refractivity contribution < 1.29 is 14.8 Å². The minimum atomic E-state index is -0.517. The molecule has 2 rings (SSSR count). The van der Waals surface area contributed by atoms with Gasteiger partial charge in [0.2, 0.25) is 5.88 Å². The molecule has 0 fully saturated rings. The van der Waals surface area contributed by atoms with E-state index >= 15 is 0 Å². The number of aliphatic hydroxyl groups is 1. The minimum Gasteiger partial charge on any atom is -0.439 e. The zero-order valence-electron chi connectivity index (χ0n) is 10.0. The number of nitrogens with zero attached hydrogens (tertiary/aromatic N) is 2. The molecule has 19 heavy (non-hydrogen) atoms. The molecule has 0 aliphatic heterocycles. The van der Waals surface area contributed by atoms with Crippen molar-refractivity contribution in [1.82, 2.24) is 4.98 Å². The molecular formula is C13H12N2O4. The van der Waals surface area contributed by atoms with Crippen molar-refractivity contribution in [2.75, 3.05) is 6.61 Å². The first-order valence-corrected chi connectivity index (χ1v) is 5.68. The molecule has 0 spiro atoms. The maximum atomic E-state index is 10.5. The Morgan fingerprint density at radius 2 is 2.05 bits per heavy atom. The van der Waals surface area contributed by atoms with E-state index < -0.39 is 4.92 Å². The van der Waals surface area contributed by atoms with Crippen molar-refractivity contribution in [3.05, 3.63) is 58.3 Å². The van der Waals surface area contributed by atoms with Crippen molar-refractivity contribution in [2.24, 2.45) is 0 Å². The number of benzene rings is 1. The fourth-order valence-electron chi connectivity index (χ4n) is 1.58. The average Bonchev–Trinajstić information content (AvgIpc) is 2.42. The van der Waals surface area contributed by atoms with E-state index in [4.69, 9.17) is 9.84 Å². The standard InChI is InChI=1S/C13H12N2O4/c16-8-7-10-3-1-2-4-12(10)19-13-6-5-11(9-14-13)15(17)18/h1-6,9,16H,7-8H2. The van der Waals surface area contributed by atoms with Crippen LogP contribution in [0.15, 0.2) is 42.6 Å². The van der Waals surface area contributed by atoms with Crippen LogP contribution in [-0.4, -0.2) is 21.6 Å². The second-order valence-electron chi connectivity index (χ2n) is 3.80. The molecular weight excluding hydrogens is 248 g/mol. The van der Waals surface area contributed by atoms with E-state index in [0.717, 1.165) is 11.8 Å². The second-order valence-corrected chi connectivity index (χ2v) is 3.80. The van der Waals surface area contributed by atoms with Gasteiger partial charge in [0.05, 0.1) is 4.92 Å². The van der Waals surface area contributed by atoms with Crippen LogP contribution < -0.4 is 4.74 Å². The zero-order valence-corrected chi connectivity index (χ0v) is 10.0. The summed E-state index contributed by atoms with van der Waals surface area (Å²) in [6.45, 7) is 0.0219. The number of ether oxygens (including phenoxy) is 1. The quantitative estimate of drug-likeness (QED) is 0.658. The smallest absolute Gasteiger partial charge is 0.287 e. The van der Waals surface area contributed by atoms with Gasteiger partial charge in [0.15, 0.2) is 0 Å². The lowest BCUT2D eigenvalue weighted by Crippen LogP contribution is -1.96. The Bertz CT molecular complexity index is 569. The molecule has 0 bridgehead atoms. The monoisotopic (exact) mass is 260 g/mol. The number of hydrogen-bond acceptors (Lipinski definition) is 5. The highest BCUT2D eigenvalue weighted by molar-refractivity contribution is 5.37. The van der Waals surface area contributed by atoms with Gasteiger partial charge in [0.25, 0.3) is 5.69 Å². The van der Waals surface area contributed by atoms with Crippen LogP contribution in [0.5, 0.6) is 11.6 Å². The van der Waals surface area contributed by atoms with Gasteiger partial charge in [-0.15, -0.1) is 0 Å². The normalized spacial score (nSPS) is 10.2. The summed E-state index contributed by atoms with van der Waals surface area (Å²) in [5, 5.41) is 19.5. The van der Waals surface area contributed by atoms with E-state index in [1.807, 2.05) is 18.2 Å². The number of aromatic nitrogens is 1. The van der Waals surface area contributed by atoms with Crippen molar-refractivity contribution in [3.63, 3.8) is 0 Å². The SMILES string of the molecule is O=[N+]([O-])c1ccc(Oc2ccccc2CCO)nc1. The van der Waals surface area contributed by atoms with Gasteiger partial charge in [0, 0.05) is 18.7 Å². The molecule has 1 aromatic heterocycles. The number of rotatable bonds is 5. The molecule has 0 aliphatic carbocycles. The number of para-hydroxylation sites is 1. The van der Waals surface area contributed by atoms with E-state index in [1.165, 1.54) is 12.1 Å². The summed E-state index contributed by atoms with van der Waals surface area (Å²) in [4.78, 5) is 13.9. The first-order chi connectivity index (χ1) is 9.20. The highest BCUT2D eigenvalue weighted by atomic mass is 16.6. The molecule has 1 N–H and O–H groups in total.